The van der Waals surface area contributed by atoms with Crippen LogP contribution in [0.15, 0.2) is 28.4 Å². The zero-order valence-corrected chi connectivity index (χ0v) is 14.0. The lowest BCUT2D eigenvalue weighted by Crippen LogP contribution is -2.04. The molecular formula is C16H15ClN2O2S. The summed E-state index contributed by atoms with van der Waals surface area (Å²) in [6.45, 7) is 4.18. The van der Waals surface area contributed by atoms with Gasteiger partial charge in [-0.3, -0.25) is 4.79 Å². The number of hydrogen-bond acceptors (Lipinski definition) is 4. The van der Waals surface area contributed by atoms with Gasteiger partial charge >= 0.3 is 0 Å². The Balaban J connectivity index is 2.22. The van der Waals surface area contributed by atoms with Crippen LogP contribution in [0.1, 0.15) is 24.8 Å². The van der Waals surface area contributed by atoms with E-state index >= 15 is 0 Å². The molecule has 0 bridgehead atoms. The van der Waals surface area contributed by atoms with Crippen molar-refractivity contribution in [3.05, 3.63) is 43.8 Å². The third-order valence-corrected chi connectivity index (χ3v) is 4.94. The highest BCUT2D eigenvalue weighted by Crippen LogP contribution is 2.32. The van der Waals surface area contributed by atoms with Crippen molar-refractivity contribution >= 4 is 33.8 Å². The molecule has 1 aromatic carbocycles. The summed E-state index contributed by atoms with van der Waals surface area (Å²) >= 11 is 7.90. The maximum atomic E-state index is 12.3. The number of methoxy groups -OCH3 is 1. The number of nitrogens with zero attached hydrogens (tertiary/aromatic N) is 1. The van der Waals surface area contributed by atoms with Gasteiger partial charge in [0.25, 0.3) is 0 Å². The van der Waals surface area contributed by atoms with Gasteiger partial charge in [0.15, 0.2) is 5.43 Å². The summed E-state index contributed by atoms with van der Waals surface area (Å²) in [5, 5.41) is 3.92. The molecule has 4 nitrogen and oxygen atoms in total. The van der Waals surface area contributed by atoms with Crippen molar-refractivity contribution in [3.8, 4) is 17.1 Å². The van der Waals surface area contributed by atoms with E-state index in [0.29, 0.717) is 33.3 Å². The molecule has 0 aliphatic rings. The van der Waals surface area contributed by atoms with E-state index in [1.165, 1.54) is 0 Å². The zero-order valence-electron chi connectivity index (χ0n) is 12.4. The van der Waals surface area contributed by atoms with E-state index in [4.69, 9.17) is 16.3 Å². The van der Waals surface area contributed by atoms with E-state index in [2.05, 4.69) is 23.8 Å². The number of rotatable bonds is 3. The molecule has 2 aromatic heterocycles. The van der Waals surface area contributed by atoms with Gasteiger partial charge in [-0.25, -0.2) is 4.98 Å². The molecule has 0 aliphatic heterocycles. The Morgan fingerprint density at radius 1 is 1.36 bits per heavy atom. The number of pyridine rings is 1. The van der Waals surface area contributed by atoms with Gasteiger partial charge in [0.1, 0.15) is 10.8 Å². The number of aromatic amines is 1. The van der Waals surface area contributed by atoms with Crippen LogP contribution >= 0.6 is 22.9 Å². The van der Waals surface area contributed by atoms with Gasteiger partial charge in [-0.15, -0.1) is 11.3 Å². The second-order valence-electron chi connectivity index (χ2n) is 5.28. The topological polar surface area (TPSA) is 55.0 Å². The first kappa shape index (κ1) is 15.1. The lowest BCUT2D eigenvalue weighted by atomic mass is 10.1. The van der Waals surface area contributed by atoms with Crippen LogP contribution < -0.4 is 10.2 Å². The Bertz CT molecular complexity index is 899. The predicted molar refractivity (Wildman–Crippen MR) is 91.3 cm³/mol. The minimum atomic E-state index is -0.0904. The lowest BCUT2D eigenvalue weighted by molar-refractivity contribution is 0.415. The molecular weight excluding hydrogens is 320 g/mol. The number of nitrogens with one attached hydrogen (secondary N) is 1. The van der Waals surface area contributed by atoms with E-state index in [0.717, 1.165) is 10.7 Å². The van der Waals surface area contributed by atoms with E-state index < -0.39 is 0 Å². The van der Waals surface area contributed by atoms with Crippen LogP contribution in [-0.4, -0.2) is 17.1 Å². The average molecular weight is 335 g/mol. The summed E-state index contributed by atoms with van der Waals surface area (Å²) in [4.78, 5) is 20.1. The highest BCUT2D eigenvalue weighted by molar-refractivity contribution is 7.10. The fourth-order valence-electron chi connectivity index (χ4n) is 2.24. The predicted octanol–water partition coefficient (Wildman–Crippen LogP) is 4.44. The fraction of sp³-hybridized carbons (Fsp3) is 0.250. The summed E-state index contributed by atoms with van der Waals surface area (Å²) in [6.07, 6.45) is 0. The van der Waals surface area contributed by atoms with Crippen LogP contribution in [0.4, 0.5) is 0 Å². The molecule has 0 unspecified atom stereocenters. The molecule has 0 radical (unpaired) electrons. The third-order valence-electron chi connectivity index (χ3n) is 3.42. The number of thiazole rings is 1. The second kappa shape index (κ2) is 5.74. The second-order valence-corrected chi connectivity index (χ2v) is 6.54. The monoisotopic (exact) mass is 334 g/mol. The van der Waals surface area contributed by atoms with E-state index in [9.17, 15) is 4.79 Å². The number of hydrogen-bond donors (Lipinski definition) is 1. The van der Waals surface area contributed by atoms with E-state index in [1.54, 1.807) is 36.6 Å². The normalized spacial score (nSPS) is 11.3. The van der Waals surface area contributed by atoms with Gasteiger partial charge < -0.3 is 9.72 Å². The Kier molecular flexibility index (Phi) is 3.93. The van der Waals surface area contributed by atoms with Gasteiger partial charge in [0.2, 0.25) is 0 Å². The molecule has 114 valence electrons. The number of halogens is 1. The lowest BCUT2D eigenvalue weighted by Gasteiger charge is -2.08. The minimum absolute atomic E-state index is 0.0904. The van der Waals surface area contributed by atoms with Gasteiger partial charge in [-0.2, -0.15) is 0 Å². The number of fused-ring (bicyclic) bond motifs is 1. The van der Waals surface area contributed by atoms with Gasteiger partial charge in [-0.1, -0.05) is 25.4 Å². The van der Waals surface area contributed by atoms with Crippen LogP contribution in [0, 0.1) is 0 Å². The van der Waals surface area contributed by atoms with Crippen LogP contribution in [0.3, 0.4) is 0 Å². The quantitative estimate of drug-likeness (QED) is 0.770. The van der Waals surface area contributed by atoms with E-state index in [-0.39, 0.29) is 5.43 Å². The van der Waals surface area contributed by atoms with Crippen LogP contribution in [0.25, 0.3) is 22.3 Å². The molecule has 6 heteroatoms. The molecule has 0 spiro atoms. The summed E-state index contributed by atoms with van der Waals surface area (Å²) in [5.41, 5.74) is 1.90. The number of H-pyrrole nitrogens is 1. The molecule has 3 aromatic rings. The molecule has 22 heavy (non-hydrogen) atoms. The van der Waals surface area contributed by atoms with Crippen LogP contribution in [0.2, 0.25) is 5.02 Å². The number of benzene rings is 1. The van der Waals surface area contributed by atoms with Gasteiger partial charge in [-0.05, 0) is 12.1 Å². The van der Waals surface area contributed by atoms with Crippen molar-refractivity contribution in [1.82, 2.24) is 9.97 Å². The summed E-state index contributed by atoms with van der Waals surface area (Å²) in [5.74, 6) is 0.887. The first-order valence-corrected chi connectivity index (χ1v) is 8.12. The van der Waals surface area contributed by atoms with Crippen molar-refractivity contribution in [2.24, 2.45) is 0 Å². The van der Waals surface area contributed by atoms with Crippen LogP contribution in [0.5, 0.6) is 5.75 Å². The zero-order chi connectivity index (χ0) is 15.9. The Hall–Kier alpha value is -1.85. The smallest absolute Gasteiger partial charge is 0.190 e. The largest absolute Gasteiger partial charge is 0.495 e. The summed E-state index contributed by atoms with van der Waals surface area (Å²) < 4.78 is 5.21. The molecule has 0 fully saturated rings. The first-order chi connectivity index (χ1) is 10.5. The van der Waals surface area contributed by atoms with E-state index in [1.807, 2.05) is 5.38 Å². The molecule has 0 aliphatic carbocycles. The Morgan fingerprint density at radius 2 is 2.14 bits per heavy atom. The Morgan fingerprint density at radius 3 is 2.77 bits per heavy atom. The first-order valence-electron chi connectivity index (χ1n) is 6.86. The minimum Gasteiger partial charge on any atom is -0.495 e. The SMILES string of the molecule is COc1ccc2c(=O)cc(-c3csc(C(C)C)n3)[nH]c2c1Cl. The summed E-state index contributed by atoms with van der Waals surface area (Å²) in [7, 11) is 1.55. The maximum absolute atomic E-state index is 12.3. The molecule has 0 amide bonds. The Labute approximate surface area is 136 Å². The van der Waals surface area contributed by atoms with Crippen LogP contribution in [-0.2, 0) is 0 Å². The molecule has 0 saturated carbocycles. The summed E-state index contributed by atoms with van der Waals surface area (Å²) in [6, 6.07) is 4.97. The molecule has 1 N–H and O–H groups in total. The number of aromatic nitrogens is 2. The van der Waals surface area contributed by atoms with Gasteiger partial charge in [0.05, 0.1) is 29.0 Å². The molecule has 2 heterocycles. The fourth-order valence-corrected chi connectivity index (χ4v) is 3.36. The van der Waals surface area contributed by atoms with Crippen molar-refractivity contribution in [2.45, 2.75) is 19.8 Å². The highest BCUT2D eigenvalue weighted by atomic mass is 35.5. The highest BCUT2D eigenvalue weighted by Gasteiger charge is 2.13. The molecule has 3 rings (SSSR count). The molecule has 0 atom stereocenters. The van der Waals surface area contributed by atoms with Crippen molar-refractivity contribution in [3.63, 3.8) is 0 Å². The van der Waals surface area contributed by atoms with Crippen molar-refractivity contribution in [1.29, 1.82) is 0 Å². The maximum Gasteiger partial charge on any atom is 0.190 e. The number of ether oxygens (including phenoxy) is 1. The third kappa shape index (κ3) is 2.51. The average Bonchev–Trinajstić information content (AvgIpc) is 2.98. The van der Waals surface area contributed by atoms with Crippen molar-refractivity contribution in [2.75, 3.05) is 7.11 Å². The van der Waals surface area contributed by atoms with Gasteiger partial charge in [0, 0.05) is 22.8 Å². The van der Waals surface area contributed by atoms with Crippen molar-refractivity contribution < 1.29 is 4.74 Å². The molecule has 0 saturated heterocycles. The standard InChI is InChI=1S/C16H15ClN2O2S/c1-8(2)16-19-11(7-22-16)10-6-12(20)9-4-5-13(21-3)14(17)15(9)18-10/h4-8H,1-3H3,(H,18,20).